The van der Waals surface area contributed by atoms with Gasteiger partial charge in [0.05, 0.1) is 0 Å². The molecule has 4 nitrogen and oxygen atoms in total. The Kier molecular flexibility index (Phi) is 4.91. The van der Waals surface area contributed by atoms with Crippen LogP contribution in [0.3, 0.4) is 0 Å². The molecule has 30 heavy (non-hydrogen) atoms. The quantitative estimate of drug-likeness (QED) is 0.585. The van der Waals surface area contributed by atoms with E-state index in [9.17, 15) is 9.59 Å². The fraction of sp³-hybridized carbons (Fsp3) is 0.769. The van der Waals surface area contributed by atoms with Crippen molar-refractivity contribution in [2.75, 3.05) is 0 Å². The summed E-state index contributed by atoms with van der Waals surface area (Å²) >= 11 is 0. The van der Waals surface area contributed by atoms with Gasteiger partial charge in [-0.1, -0.05) is 19.9 Å². The molecule has 1 heterocycles. The first-order valence-corrected chi connectivity index (χ1v) is 12.1. The fourth-order valence-corrected chi connectivity index (χ4v) is 8.62. The molecule has 1 aromatic rings. The summed E-state index contributed by atoms with van der Waals surface area (Å²) < 4.78 is 11.3. The van der Waals surface area contributed by atoms with Crippen molar-refractivity contribution in [3.63, 3.8) is 0 Å². The highest BCUT2D eigenvalue weighted by Gasteiger charge is 2.60. The minimum absolute atomic E-state index is 0.128. The lowest BCUT2D eigenvalue weighted by Crippen LogP contribution is -2.54. The Labute approximate surface area is 179 Å². The second-order valence-electron chi connectivity index (χ2n) is 11.2. The number of esters is 1. The molecule has 0 spiro atoms. The Bertz CT molecular complexity index is 874. The van der Waals surface area contributed by atoms with Crippen LogP contribution in [-0.2, 0) is 9.53 Å². The number of carbonyl (C=O) groups excluding carboxylic acids is 1. The molecule has 164 valence electrons. The van der Waals surface area contributed by atoms with Gasteiger partial charge in [-0.15, -0.1) is 0 Å². The van der Waals surface area contributed by atoms with Crippen molar-refractivity contribution in [3.8, 4) is 0 Å². The third-order valence-electron chi connectivity index (χ3n) is 10.0. The van der Waals surface area contributed by atoms with Gasteiger partial charge in [-0.25, -0.2) is 4.79 Å². The highest BCUT2D eigenvalue weighted by Crippen LogP contribution is 2.69. The van der Waals surface area contributed by atoms with E-state index in [1.165, 1.54) is 51.5 Å². The molecule has 0 radical (unpaired) electrons. The minimum atomic E-state index is -0.217. The van der Waals surface area contributed by atoms with E-state index < -0.39 is 0 Å². The molecule has 0 amide bonds. The van der Waals surface area contributed by atoms with Gasteiger partial charge < -0.3 is 9.15 Å². The maximum atomic E-state index is 11.8. The topological polar surface area (TPSA) is 56.5 Å². The molecule has 0 unspecified atom stereocenters. The van der Waals surface area contributed by atoms with E-state index in [2.05, 4.69) is 13.8 Å². The molecule has 1 aromatic heterocycles. The first-order valence-electron chi connectivity index (χ1n) is 12.1. The molecule has 4 aliphatic rings. The van der Waals surface area contributed by atoms with Crippen molar-refractivity contribution >= 4 is 5.97 Å². The van der Waals surface area contributed by atoms with Crippen LogP contribution in [0.1, 0.15) is 90.2 Å². The number of ether oxygens (including phenoxy) is 1. The van der Waals surface area contributed by atoms with Gasteiger partial charge in [-0.05, 0) is 98.4 Å². The molecule has 0 saturated heterocycles. The Morgan fingerprint density at radius 3 is 2.53 bits per heavy atom. The molecule has 8 atom stereocenters. The van der Waals surface area contributed by atoms with Gasteiger partial charge in [-0.3, -0.25) is 4.79 Å². The SMILES string of the molecule is CC(=O)O[C@H]1CC[C@@]2(C)[C@@H](CC[C@@H]3[C@@H]2CC[C@]2(C)[C@@H](c4cccc(=O)o4)CC[C@@H]32)C1. The summed E-state index contributed by atoms with van der Waals surface area (Å²) in [5, 5.41) is 0. The first kappa shape index (κ1) is 20.3. The Morgan fingerprint density at radius 2 is 1.77 bits per heavy atom. The predicted octanol–water partition coefficient (Wildman–Crippen LogP) is 5.70. The lowest BCUT2D eigenvalue weighted by atomic mass is 9.44. The van der Waals surface area contributed by atoms with Crippen LogP contribution in [0, 0.1) is 34.5 Å². The summed E-state index contributed by atoms with van der Waals surface area (Å²) in [5.41, 5.74) is 0.417. The Balaban J connectivity index is 1.37. The van der Waals surface area contributed by atoms with Crippen LogP contribution in [0.4, 0.5) is 0 Å². The van der Waals surface area contributed by atoms with E-state index in [4.69, 9.17) is 9.15 Å². The molecule has 5 rings (SSSR count). The summed E-state index contributed by atoms with van der Waals surface area (Å²) in [5.74, 6) is 4.15. The van der Waals surface area contributed by atoms with Gasteiger partial charge in [0.2, 0.25) is 0 Å². The van der Waals surface area contributed by atoms with E-state index in [0.29, 0.717) is 17.3 Å². The van der Waals surface area contributed by atoms with Crippen LogP contribution < -0.4 is 5.63 Å². The Hall–Kier alpha value is -1.58. The first-order chi connectivity index (χ1) is 14.3. The van der Waals surface area contributed by atoms with Gasteiger partial charge >= 0.3 is 11.6 Å². The Morgan fingerprint density at radius 1 is 1.00 bits per heavy atom. The average molecular weight is 413 g/mol. The van der Waals surface area contributed by atoms with Crippen LogP contribution in [0.25, 0.3) is 0 Å². The van der Waals surface area contributed by atoms with Crippen molar-refractivity contribution < 1.29 is 13.9 Å². The second kappa shape index (κ2) is 7.24. The summed E-state index contributed by atoms with van der Waals surface area (Å²) in [6.07, 6.45) is 10.9. The van der Waals surface area contributed by atoms with Crippen LogP contribution in [0.15, 0.2) is 27.4 Å². The van der Waals surface area contributed by atoms with Crippen molar-refractivity contribution in [1.82, 2.24) is 0 Å². The predicted molar refractivity (Wildman–Crippen MR) is 115 cm³/mol. The number of fused-ring (bicyclic) bond motifs is 5. The average Bonchev–Trinajstić information content (AvgIpc) is 3.05. The van der Waals surface area contributed by atoms with Crippen LogP contribution >= 0.6 is 0 Å². The normalized spacial score (nSPS) is 45.2. The summed E-state index contributed by atoms with van der Waals surface area (Å²) in [6.45, 7) is 6.56. The van der Waals surface area contributed by atoms with E-state index in [1.807, 2.05) is 12.1 Å². The van der Waals surface area contributed by atoms with Crippen LogP contribution in [0.2, 0.25) is 0 Å². The largest absolute Gasteiger partial charge is 0.463 e. The van der Waals surface area contributed by atoms with Crippen molar-refractivity contribution in [1.29, 1.82) is 0 Å². The highest BCUT2D eigenvalue weighted by atomic mass is 16.5. The molecule has 4 fully saturated rings. The molecule has 0 aromatic carbocycles. The summed E-state index contributed by atoms with van der Waals surface area (Å²) in [7, 11) is 0. The van der Waals surface area contributed by atoms with Gasteiger partial charge in [0.15, 0.2) is 0 Å². The van der Waals surface area contributed by atoms with Gasteiger partial charge in [0.25, 0.3) is 0 Å². The van der Waals surface area contributed by atoms with Crippen molar-refractivity contribution in [2.24, 2.45) is 34.5 Å². The zero-order chi connectivity index (χ0) is 21.1. The standard InChI is InChI=1S/C26H36O4/c1-16(27)29-18-11-13-25(2)17(15-18)7-8-19-20-9-10-22(23-5-4-6-24(28)30-23)26(20,3)14-12-21(19)25/h4-6,17-22H,7-15H2,1-3H3/t17-,18-,19-,20-,21-,22+,25-,26-/m0/s1. The number of rotatable bonds is 2. The zero-order valence-electron chi connectivity index (χ0n) is 18.7. The molecule has 4 aliphatic carbocycles. The highest BCUT2D eigenvalue weighted by molar-refractivity contribution is 5.66. The molecule has 4 heteroatoms. The van der Waals surface area contributed by atoms with Crippen molar-refractivity contribution in [3.05, 3.63) is 34.4 Å². The molecule has 0 bridgehead atoms. The minimum Gasteiger partial charge on any atom is -0.463 e. The number of hydrogen-bond acceptors (Lipinski definition) is 4. The molecular formula is C26H36O4. The van der Waals surface area contributed by atoms with Crippen LogP contribution in [-0.4, -0.2) is 12.1 Å². The number of carbonyl (C=O) groups is 1. The van der Waals surface area contributed by atoms with Gasteiger partial charge in [-0.2, -0.15) is 0 Å². The summed E-state index contributed by atoms with van der Waals surface area (Å²) in [6, 6.07) is 5.40. The molecule has 0 aliphatic heterocycles. The van der Waals surface area contributed by atoms with E-state index >= 15 is 0 Å². The lowest BCUT2D eigenvalue weighted by Gasteiger charge is -2.61. The smallest absolute Gasteiger partial charge is 0.335 e. The van der Waals surface area contributed by atoms with E-state index in [-0.39, 0.29) is 23.1 Å². The number of hydrogen-bond donors (Lipinski definition) is 0. The van der Waals surface area contributed by atoms with E-state index in [1.54, 1.807) is 0 Å². The van der Waals surface area contributed by atoms with Gasteiger partial charge in [0.1, 0.15) is 11.9 Å². The zero-order valence-corrected chi connectivity index (χ0v) is 18.7. The summed E-state index contributed by atoms with van der Waals surface area (Å²) in [4.78, 5) is 23.3. The molecule has 4 saturated carbocycles. The third-order valence-corrected chi connectivity index (χ3v) is 10.0. The van der Waals surface area contributed by atoms with Crippen molar-refractivity contribution in [2.45, 2.75) is 90.6 Å². The molecular weight excluding hydrogens is 376 g/mol. The van der Waals surface area contributed by atoms with E-state index in [0.717, 1.165) is 42.8 Å². The molecule has 0 N–H and O–H groups in total. The van der Waals surface area contributed by atoms with Crippen LogP contribution in [0.5, 0.6) is 0 Å². The van der Waals surface area contributed by atoms with Gasteiger partial charge in [0, 0.05) is 18.9 Å². The lowest BCUT2D eigenvalue weighted by molar-refractivity contribution is -0.159. The second-order valence-corrected chi connectivity index (χ2v) is 11.2. The maximum Gasteiger partial charge on any atom is 0.335 e. The third kappa shape index (κ3) is 3.08. The maximum absolute atomic E-state index is 11.8. The fourth-order valence-electron chi connectivity index (χ4n) is 8.62. The monoisotopic (exact) mass is 412 g/mol.